The first-order chi connectivity index (χ1) is 10.2. The van der Waals surface area contributed by atoms with Crippen LogP contribution in [0.15, 0.2) is 30.3 Å². The van der Waals surface area contributed by atoms with Crippen molar-refractivity contribution in [2.75, 3.05) is 32.8 Å². The number of morpholine rings is 1. The number of benzene rings is 1. The van der Waals surface area contributed by atoms with Crippen LogP contribution in [0.4, 0.5) is 4.79 Å². The first-order valence-corrected chi connectivity index (χ1v) is 7.07. The van der Waals surface area contributed by atoms with Crippen molar-refractivity contribution in [2.24, 2.45) is 0 Å². The topological polar surface area (TPSA) is 59.1 Å². The van der Waals surface area contributed by atoms with Gasteiger partial charge in [-0.2, -0.15) is 0 Å². The minimum atomic E-state index is -0.337. The normalized spacial score (nSPS) is 21.9. The number of amides is 2. The summed E-state index contributed by atoms with van der Waals surface area (Å²) >= 11 is 0. The van der Waals surface area contributed by atoms with Gasteiger partial charge in [-0.05, 0) is 5.56 Å². The Labute approximate surface area is 123 Å². The van der Waals surface area contributed by atoms with E-state index in [1.807, 2.05) is 30.3 Å². The number of hydrogen-bond donors (Lipinski definition) is 0. The van der Waals surface area contributed by atoms with Crippen LogP contribution in [0.2, 0.25) is 0 Å². The molecule has 0 aromatic heterocycles. The number of rotatable bonds is 2. The van der Waals surface area contributed by atoms with Gasteiger partial charge in [0.15, 0.2) is 0 Å². The number of piperazine rings is 1. The van der Waals surface area contributed by atoms with Gasteiger partial charge in [0.25, 0.3) is 0 Å². The fraction of sp³-hybridized carbons (Fsp3) is 0.467. The van der Waals surface area contributed by atoms with Crippen molar-refractivity contribution in [2.45, 2.75) is 12.6 Å². The molecule has 1 atom stereocenters. The third-order valence-corrected chi connectivity index (χ3v) is 3.80. The molecule has 6 heteroatoms. The lowest BCUT2D eigenvalue weighted by Crippen LogP contribution is -2.61. The van der Waals surface area contributed by atoms with Gasteiger partial charge in [-0.15, -0.1) is 0 Å². The molecule has 1 unspecified atom stereocenters. The second kappa shape index (κ2) is 6.13. The molecule has 0 aliphatic carbocycles. The van der Waals surface area contributed by atoms with E-state index >= 15 is 0 Å². The molecule has 6 nitrogen and oxygen atoms in total. The number of carbonyl (C=O) groups is 2. The van der Waals surface area contributed by atoms with Gasteiger partial charge in [-0.25, -0.2) is 4.79 Å². The van der Waals surface area contributed by atoms with Crippen molar-refractivity contribution in [3.8, 4) is 0 Å². The quantitative estimate of drug-likeness (QED) is 0.811. The Morgan fingerprint density at radius 2 is 2.10 bits per heavy atom. The average molecular weight is 290 g/mol. The molecule has 112 valence electrons. The minimum absolute atomic E-state index is 0.00329. The number of nitrogens with zero attached hydrogens (tertiary/aromatic N) is 2. The Kier molecular flexibility index (Phi) is 4.06. The summed E-state index contributed by atoms with van der Waals surface area (Å²) in [7, 11) is 0. The molecule has 0 saturated carbocycles. The molecule has 2 saturated heterocycles. The summed E-state index contributed by atoms with van der Waals surface area (Å²) in [5.41, 5.74) is 0.959. The molecular weight excluding hydrogens is 272 g/mol. The summed E-state index contributed by atoms with van der Waals surface area (Å²) < 4.78 is 10.6. The Morgan fingerprint density at radius 1 is 1.29 bits per heavy atom. The van der Waals surface area contributed by atoms with Crippen LogP contribution in [0.1, 0.15) is 5.56 Å². The van der Waals surface area contributed by atoms with E-state index in [2.05, 4.69) is 0 Å². The summed E-state index contributed by atoms with van der Waals surface area (Å²) in [6.45, 7) is 2.42. The highest BCUT2D eigenvalue weighted by molar-refractivity contribution is 5.79. The molecule has 2 fully saturated rings. The maximum atomic E-state index is 12.1. The van der Waals surface area contributed by atoms with Crippen LogP contribution in [0.5, 0.6) is 0 Å². The Balaban J connectivity index is 1.53. The van der Waals surface area contributed by atoms with E-state index in [1.165, 1.54) is 0 Å². The van der Waals surface area contributed by atoms with Gasteiger partial charge in [0.2, 0.25) is 5.91 Å². The van der Waals surface area contributed by atoms with E-state index in [-0.39, 0.29) is 31.3 Å². The van der Waals surface area contributed by atoms with E-state index in [4.69, 9.17) is 9.47 Å². The molecule has 0 bridgehead atoms. The maximum Gasteiger partial charge on any atom is 0.410 e. The van der Waals surface area contributed by atoms with E-state index in [0.717, 1.165) is 5.56 Å². The van der Waals surface area contributed by atoms with E-state index in [9.17, 15) is 9.59 Å². The van der Waals surface area contributed by atoms with Gasteiger partial charge in [0.1, 0.15) is 13.2 Å². The number of hydrogen-bond acceptors (Lipinski definition) is 4. The monoisotopic (exact) mass is 290 g/mol. The van der Waals surface area contributed by atoms with Crippen LogP contribution in [-0.4, -0.2) is 60.7 Å². The third kappa shape index (κ3) is 3.16. The molecule has 1 aromatic rings. The zero-order chi connectivity index (χ0) is 14.7. The second-order valence-corrected chi connectivity index (χ2v) is 5.24. The molecule has 0 radical (unpaired) electrons. The first kappa shape index (κ1) is 13.9. The van der Waals surface area contributed by atoms with E-state index in [1.54, 1.807) is 9.80 Å². The predicted molar refractivity (Wildman–Crippen MR) is 74.5 cm³/mol. The van der Waals surface area contributed by atoms with Gasteiger partial charge in [-0.3, -0.25) is 4.79 Å². The molecular formula is C15H18N2O4. The van der Waals surface area contributed by atoms with Crippen LogP contribution in [-0.2, 0) is 20.9 Å². The van der Waals surface area contributed by atoms with Gasteiger partial charge in [0, 0.05) is 19.6 Å². The largest absolute Gasteiger partial charge is 0.445 e. The molecule has 1 aromatic carbocycles. The highest BCUT2D eigenvalue weighted by Gasteiger charge is 2.35. The van der Waals surface area contributed by atoms with Crippen molar-refractivity contribution in [1.82, 2.24) is 9.80 Å². The Bertz CT molecular complexity index is 520. The van der Waals surface area contributed by atoms with Gasteiger partial charge in [0.05, 0.1) is 12.6 Å². The molecule has 2 amide bonds. The second-order valence-electron chi connectivity index (χ2n) is 5.24. The molecule has 2 aliphatic heterocycles. The average Bonchev–Trinajstić information content (AvgIpc) is 2.53. The highest BCUT2D eigenvalue weighted by atomic mass is 16.6. The van der Waals surface area contributed by atoms with Crippen molar-refractivity contribution in [1.29, 1.82) is 0 Å². The number of carbonyl (C=O) groups excluding carboxylic acids is 2. The lowest BCUT2D eigenvalue weighted by atomic mass is 10.1. The van der Waals surface area contributed by atoms with Gasteiger partial charge < -0.3 is 19.3 Å². The van der Waals surface area contributed by atoms with Crippen molar-refractivity contribution < 1.29 is 19.1 Å². The summed E-state index contributed by atoms with van der Waals surface area (Å²) in [5, 5.41) is 0. The van der Waals surface area contributed by atoms with Crippen LogP contribution in [0, 0.1) is 0 Å². The van der Waals surface area contributed by atoms with Crippen LogP contribution >= 0.6 is 0 Å². The molecule has 2 heterocycles. The standard InChI is InChI=1S/C15H18N2O4/c18-14-11-20-10-13-8-16(6-7-17(13)14)15(19)21-9-12-4-2-1-3-5-12/h1-5,13H,6-11H2. The van der Waals surface area contributed by atoms with Gasteiger partial charge >= 0.3 is 6.09 Å². The highest BCUT2D eigenvalue weighted by Crippen LogP contribution is 2.16. The van der Waals surface area contributed by atoms with Crippen molar-refractivity contribution in [3.05, 3.63) is 35.9 Å². The Morgan fingerprint density at radius 3 is 2.90 bits per heavy atom. The van der Waals surface area contributed by atoms with E-state index < -0.39 is 0 Å². The molecule has 21 heavy (non-hydrogen) atoms. The molecule has 0 spiro atoms. The Hall–Kier alpha value is -2.08. The lowest BCUT2D eigenvalue weighted by Gasteiger charge is -2.43. The predicted octanol–water partition coefficient (Wildman–Crippen LogP) is 0.866. The third-order valence-electron chi connectivity index (χ3n) is 3.80. The summed E-state index contributed by atoms with van der Waals surface area (Å²) in [5.74, 6) is 0.00329. The fourth-order valence-corrected chi connectivity index (χ4v) is 2.67. The van der Waals surface area contributed by atoms with Crippen molar-refractivity contribution >= 4 is 12.0 Å². The number of fused-ring (bicyclic) bond motifs is 1. The molecule has 2 aliphatic rings. The SMILES string of the molecule is O=C(OCc1ccccc1)N1CCN2C(=O)COCC2C1. The van der Waals surface area contributed by atoms with E-state index in [0.29, 0.717) is 26.2 Å². The maximum absolute atomic E-state index is 12.1. The van der Waals surface area contributed by atoms with Crippen LogP contribution in [0.25, 0.3) is 0 Å². The fourth-order valence-electron chi connectivity index (χ4n) is 2.67. The summed E-state index contributed by atoms with van der Waals surface area (Å²) in [6.07, 6.45) is -0.337. The zero-order valence-electron chi connectivity index (χ0n) is 11.7. The molecule has 0 N–H and O–H groups in total. The molecule has 3 rings (SSSR count). The number of ether oxygens (including phenoxy) is 2. The lowest BCUT2D eigenvalue weighted by molar-refractivity contribution is -0.151. The smallest absolute Gasteiger partial charge is 0.410 e. The minimum Gasteiger partial charge on any atom is -0.445 e. The summed E-state index contributed by atoms with van der Waals surface area (Å²) in [6, 6.07) is 9.52. The van der Waals surface area contributed by atoms with Crippen LogP contribution < -0.4 is 0 Å². The van der Waals surface area contributed by atoms with Crippen molar-refractivity contribution in [3.63, 3.8) is 0 Å². The van der Waals surface area contributed by atoms with Crippen LogP contribution in [0.3, 0.4) is 0 Å². The zero-order valence-corrected chi connectivity index (χ0v) is 11.7. The first-order valence-electron chi connectivity index (χ1n) is 7.07. The van der Waals surface area contributed by atoms with Gasteiger partial charge in [-0.1, -0.05) is 30.3 Å². The summed E-state index contributed by atoms with van der Waals surface area (Å²) in [4.78, 5) is 27.2.